The first-order valence-corrected chi connectivity index (χ1v) is 11.5. The summed E-state index contributed by atoms with van der Waals surface area (Å²) in [6.07, 6.45) is 8.70. The third kappa shape index (κ3) is 3.40. The molecule has 1 aromatic carbocycles. The maximum absolute atomic E-state index is 13.2. The topological polar surface area (TPSA) is 18.5 Å². The van der Waals surface area contributed by atoms with E-state index in [4.69, 9.17) is 12.2 Å². The van der Waals surface area contributed by atoms with Crippen LogP contribution in [0, 0.1) is 29.0 Å². The number of hydrogen-bond acceptors (Lipinski definition) is 2. The Bertz CT molecular complexity index is 691. The van der Waals surface area contributed by atoms with Gasteiger partial charge in [-0.3, -0.25) is 0 Å². The van der Waals surface area contributed by atoms with Crippen molar-refractivity contribution in [1.29, 1.82) is 0 Å². The van der Waals surface area contributed by atoms with Crippen LogP contribution in [0.1, 0.15) is 45.4 Å². The normalized spacial score (nSPS) is 35.1. The summed E-state index contributed by atoms with van der Waals surface area (Å²) in [5, 5.41) is 4.69. The average Bonchev–Trinajstić information content (AvgIpc) is 2.67. The number of halogens is 1. The van der Waals surface area contributed by atoms with Crippen LogP contribution in [-0.2, 0) is 0 Å². The Morgan fingerprint density at radius 2 is 1.54 bits per heavy atom. The van der Waals surface area contributed by atoms with Crippen LogP contribution in [0.2, 0.25) is 0 Å². The smallest absolute Gasteiger partial charge is 0.169 e. The van der Waals surface area contributed by atoms with Gasteiger partial charge < -0.3 is 15.1 Å². The fourth-order valence-corrected chi connectivity index (χ4v) is 7.32. The van der Waals surface area contributed by atoms with E-state index < -0.39 is 0 Å². The molecular weight excluding hydrogens is 369 g/mol. The lowest BCUT2D eigenvalue weighted by Crippen LogP contribution is -2.59. The number of piperazine rings is 1. The van der Waals surface area contributed by atoms with Gasteiger partial charge in [-0.05, 0) is 105 Å². The predicted molar refractivity (Wildman–Crippen MR) is 116 cm³/mol. The molecule has 152 valence electrons. The van der Waals surface area contributed by atoms with Gasteiger partial charge in [-0.25, -0.2) is 4.39 Å². The van der Waals surface area contributed by atoms with Gasteiger partial charge in [-0.15, -0.1) is 0 Å². The Hall–Kier alpha value is -1.36. The molecule has 4 bridgehead atoms. The minimum absolute atomic E-state index is 0.175. The molecule has 4 saturated carbocycles. The van der Waals surface area contributed by atoms with Crippen molar-refractivity contribution in [2.24, 2.45) is 23.2 Å². The van der Waals surface area contributed by atoms with Crippen molar-refractivity contribution >= 4 is 23.0 Å². The van der Waals surface area contributed by atoms with E-state index in [1.807, 2.05) is 12.1 Å². The van der Waals surface area contributed by atoms with E-state index in [-0.39, 0.29) is 5.82 Å². The Morgan fingerprint density at radius 1 is 1.00 bits per heavy atom. The number of nitrogens with one attached hydrogen (secondary N) is 1. The second-order valence-electron chi connectivity index (χ2n) is 9.90. The molecule has 0 unspecified atom stereocenters. The molecule has 1 saturated heterocycles. The van der Waals surface area contributed by atoms with Gasteiger partial charge in [0.05, 0.1) is 0 Å². The van der Waals surface area contributed by atoms with Crippen molar-refractivity contribution in [3.05, 3.63) is 30.1 Å². The number of anilines is 1. The average molecular weight is 402 g/mol. The van der Waals surface area contributed by atoms with E-state index in [1.54, 1.807) is 12.1 Å². The lowest BCUT2D eigenvalue weighted by atomic mass is 9.48. The molecule has 1 atom stereocenters. The van der Waals surface area contributed by atoms with Crippen molar-refractivity contribution in [3.63, 3.8) is 0 Å². The van der Waals surface area contributed by atoms with Gasteiger partial charge in [-0.2, -0.15) is 0 Å². The first-order valence-electron chi connectivity index (χ1n) is 11.1. The zero-order valence-electron chi connectivity index (χ0n) is 16.9. The summed E-state index contributed by atoms with van der Waals surface area (Å²) in [6, 6.07) is 7.30. The lowest BCUT2D eigenvalue weighted by molar-refractivity contribution is -0.0675. The van der Waals surface area contributed by atoms with Gasteiger partial charge in [0.1, 0.15) is 5.82 Å². The van der Waals surface area contributed by atoms with Gasteiger partial charge in [0.2, 0.25) is 0 Å². The molecule has 0 spiro atoms. The van der Waals surface area contributed by atoms with Crippen molar-refractivity contribution in [2.45, 2.75) is 51.5 Å². The van der Waals surface area contributed by atoms with Crippen molar-refractivity contribution in [1.82, 2.24) is 10.2 Å². The molecule has 5 aliphatic rings. The third-order valence-electron chi connectivity index (χ3n) is 8.10. The molecule has 5 heteroatoms. The highest BCUT2D eigenvalue weighted by atomic mass is 32.1. The van der Waals surface area contributed by atoms with E-state index in [0.717, 1.165) is 54.7 Å². The molecule has 1 aromatic rings. The minimum Gasteiger partial charge on any atom is -0.368 e. The zero-order valence-corrected chi connectivity index (χ0v) is 17.7. The summed E-state index contributed by atoms with van der Waals surface area (Å²) in [6.45, 7) is 6.10. The van der Waals surface area contributed by atoms with Crippen molar-refractivity contribution < 1.29 is 4.39 Å². The van der Waals surface area contributed by atoms with Crippen LogP contribution >= 0.6 is 12.2 Å². The fraction of sp³-hybridized carbons (Fsp3) is 0.696. The molecule has 1 heterocycles. The first-order chi connectivity index (χ1) is 13.5. The molecule has 0 amide bonds. The summed E-state index contributed by atoms with van der Waals surface area (Å²) >= 11 is 5.82. The first kappa shape index (κ1) is 18.7. The maximum Gasteiger partial charge on any atom is 0.169 e. The highest BCUT2D eigenvalue weighted by Crippen LogP contribution is 2.61. The van der Waals surface area contributed by atoms with Crippen LogP contribution in [0.25, 0.3) is 0 Å². The summed E-state index contributed by atoms with van der Waals surface area (Å²) in [5.41, 5.74) is 1.58. The quantitative estimate of drug-likeness (QED) is 0.755. The van der Waals surface area contributed by atoms with Crippen LogP contribution in [0.3, 0.4) is 0 Å². The summed E-state index contributed by atoms with van der Waals surface area (Å²) in [5.74, 6) is 2.75. The number of rotatable bonds is 3. The third-order valence-corrected chi connectivity index (χ3v) is 8.48. The second kappa shape index (κ2) is 7.16. The van der Waals surface area contributed by atoms with Gasteiger partial charge in [0, 0.05) is 37.9 Å². The number of hydrogen-bond donors (Lipinski definition) is 1. The van der Waals surface area contributed by atoms with Crippen molar-refractivity contribution in [2.75, 3.05) is 31.1 Å². The van der Waals surface area contributed by atoms with E-state index >= 15 is 0 Å². The monoisotopic (exact) mass is 401 g/mol. The van der Waals surface area contributed by atoms with Crippen molar-refractivity contribution in [3.8, 4) is 0 Å². The molecule has 4 aliphatic carbocycles. The molecule has 28 heavy (non-hydrogen) atoms. The van der Waals surface area contributed by atoms with E-state index in [0.29, 0.717) is 11.5 Å². The van der Waals surface area contributed by atoms with E-state index in [2.05, 4.69) is 22.0 Å². The van der Waals surface area contributed by atoms with E-state index in [1.165, 1.54) is 38.5 Å². The minimum atomic E-state index is -0.175. The Balaban J connectivity index is 1.17. The van der Waals surface area contributed by atoms with E-state index in [9.17, 15) is 4.39 Å². The number of thiocarbonyl (C=S) groups is 1. The molecule has 5 fully saturated rings. The second-order valence-corrected chi connectivity index (χ2v) is 10.3. The van der Waals surface area contributed by atoms with Gasteiger partial charge in [-0.1, -0.05) is 0 Å². The summed E-state index contributed by atoms with van der Waals surface area (Å²) in [4.78, 5) is 4.65. The highest BCUT2D eigenvalue weighted by Gasteiger charge is 2.53. The van der Waals surface area contributed by atoms with Crippen LogP contribution in [0.4, 0.5) is 10.1 Å². The standard InChI is InChI=1S/C23H32FN3S/c1-16(23-13-17-10-18(14-23)12-19(11-17)15-23)25-22(28)27-8-6-26(7-9-27)21-4-2-20(24)3-5-21/h2-5,16-19H,6-15H2,1H3,(H,25,28)/t16-,17?,18?,19?,23?/m1/s1. The Kier molecular flexibility index (Phi) is 4.77. The molecule has 6 rings (SSSR count). The molecule has 3 nitrogen and oxygen atoms in total. The lowest BCUT2D eigenvalue weighted by Gasteiger charge is -2.59. The number of nitrogens with zero attached hydrogens (tertiary/aromatic N) is 2. The van der Waals surface area contributed by atoms with Gasteiger partial charge in [0.15, 0.2) is 5.11 Å². The molecule has 1 N–H and O–H groups in total. The Morgan fingerprint density at radius 3 is 2.07 bits per heavy atom. The predicted octanol–water partition coefficient (Wildman–Crippen LogP) is 4.43. The zero-order chi connectivity index (χ0) is 19.3. The number of benzene rings is 1. The van der Waals surface area contributed by atoms with Gasteiger partial charge in [0.25, 0.3) is 0 Å². The Labute approximate surface area is 173 Å². The summed E-state index contributed by atoms with van der Waals surface area (Å²) in [7, 11) is 0. The van der Waals surface area contributed by atoms with Crippen LogP contribution < -0.4 is 10.2 Å². The largest absolute Gasteiger partial charge is 0.368 e. The van der Waals surface area contributed by atoms with Crippen LogP contribution in [-0.4, -0.2) is 42.2 Å². The molecule has 0 radical (unpaired) electrons. The fourth-order valence-electron chi connectivity index (χ4n) is 6.96. The highest BCUT2D eigenvalue weighted by molar-refractivity contribution is 7.80. The molecule has 1 aliphatic heterocycles. The maximum atomic E-state index is 13.2. The van der Waals surface area contributed by atoms with Gasteiger partial charge >= 0.3 is 0 Å². The SMILES string of the molecule is C[C@@H](NC(=S)N1CCN(c2ccc(F)cc2)CC1)C12CC3CC(CC(C3)C1)C2. The summed E-state index contributed by atoms with van der Waals surface area (Å²) < 4.78 is 13.2. The molecular formula is C23H32FN3S. The van der Waals surface area contributed by atoms with Crippen LogP contribution in [0.5, 0.6) is 0 Å². The van der Waals surface area contributed by atoms with Crippen LogP contribution in [0.15, 0.2) is 24.3 Å². The molecule has 0 aromatic heterocycles.